The number of nitrogens with zero attached hydrogens (tertiary/aromatic N) is 2. The molecule has 4 aliphatic heterocycles. The van der Waals surface area contributed by atoms with Crippen molar-refractivity contribution in [2.45, 2.75) is 43.9 Å². The Balaban J connectivity index is 1.45. The maximum Gasteiger partial charge on any atom is 0.254 e. The zero-order valence-electron chi connectivity index (χ0n) is 13.7. The highest BCUT2D eigenvalue weighted by atomic mass is 19.1. The van der Waals surface area contributed by atoms with Crippen LogP contribution >= 0.6 is 0 Å². The number of amides is 1. The number of nitrogens with one attached hydrogen (secondary N) is 2. The number of carbonyl (C=O) groups excluding carboxylic acids is 1. The Bertz CT molecular complexity index is 688. The van der Waals surface area contributed by atoms with Crippen LogP contribution in [0, 0.1) is 5.82 Å². The Morgan fingerprint density at radius 2 is 2.08 bits per heavy atom. The van der Waals surface area contributed by atoms with Crippen LogP contribution < -0.4 is 15.5 Å². The van der Waals surface area contributed by atoms with E-state index in [1.54, 1.807) is 0 Å². The minimum absolute atomic E-state index is 0.00578. The highest BCUT2D eigenvalue weighted by Crippen LogP contribution is 2.37. The molecule has 3 unspecified atom stereocenters. The number of rotatable bonds is 2. The molecular weight excluding hydrogens is 307 g/mol. The maximum absolute atomic E-state index is 15.2. The summed E-state index contributed by atoms with van der Waals surface area (Å²) < 4.78 is 15.2. The second kappa shape index (κ2) is 5.43. The molecule has 5 nitrogen and oxygen atoms in total. The van der Waals surface area contributed by atoms with Crippen molar-refractivity contribution < 1.29 is 9.18 Å². The third-order valence-corrected chi connectivity index (χ3v) is 6.12. The average Bonchev–Trinajstić information content (AvgIpc) is 3.31. The quantitative estimate of drug-likeness (QED) is 0.852. The van der Waals surface area contributed by atoms with Crippen LogP contribution in [0.2, 0.25) is 0 Å². The molecule has 1 amide bonds. The lowest BCUT2D eigenvalue weighted by Crippen LogP contribution is -2.46. The van der Waals surface area contributed by atoms with Crippen LogP contribution in [0.4, 0.5) is 10.1 Å². The minimum Gasteiger partial charge on any atom is -0.363 e. The van der Waals surface area contributed by atoms with Crippen molar-refractivity contribution in [2.24, 2.45) is 0 Å². The molecule has 0 spiro atoms. The van der Waals surface area contributed by atoms with Crippen molar-refractivity contribution in [3.8, 4) is 0 Å². The zero-order chi connectivity index (χ0) is 16.3. The van der Waals surface area contributed by atoms with Crippen molar-refractivity contribution in [2.75, 3.05) is 31.1 Å². The van der Waals surface area contributed by atoms with E-state index in [1.165, 1.54) is 0 Å². The Morgan fingerprint density at radius 1 is 1.17 bits per heavy atom. The molecule has 128 valence electrons. The number of anilines is 1. The molecule has 6 heteroatoms. The molecule has 4 aliphatic rings. The van der Waals surface area contributed by atoms with Gasteiger partial charge in [-0.05, 0) is 37.9 Å². The number of carbonyl (C=O) groups is 1. The lowest BCUT2D eigenvalue weighted by atomic mass is 10.1. The van der Waals surface area contributed by atoms with Crippen LogP contribution in [0.3, 0.4) is 0 Å². The van der Waals surface area contributed by atoms with Gasteiger partial charge in [0.05, 0.1) is 12.2 Å². The van der Waals surface area contributed by atoms with Gasteiger partial charge in [-0.25, -0.2) is 4.39 Å². The third kappa shape index (κ3) is 2.09. The number of hydrogen-bond acceptors (Lipinski definition) is 4. The van der Waals surface area contributed by atoms with Gasteiger partial charge in [-0.3, -0.25) is 4.79 Å². The van der Waals surface area contributed by atoms with Gasteiger partial charge >= 0.3 is 0 Å². The molecule has 3 fully saturated rings. The van der Waals surface area contributed by atoms with Gasteiger partial charge < -0.3 is 20.4 Å². The summed E-state index contributed by atoms with van der Waals surface area (Å²) in [6, 6.07) is 4.71. The molecule has 2 bridgehead atoms. The number of halogens is 1. The van der Waals surface area contributed by atoms with Crippen LogP contribution in [0.1, 0.15) is 35.2 Å². The number of piperidine rings is 1. The van der Waals surface area contributed by atoms with E-state index >= 15 is 4.39 Å². The second-order valence-electron chi connectivity index (χ2n) is 7.51. The van der Waals surface area contributed by atoms with E-state index in [0.717, 1.165) is 45.4 Å². The molecule has 0 saturated carbocycles. The molecule has 0 aromatic heterocycles. The van der Waals surface area contributed by atoms with Gasteiger partial charge in [0.25, 0.3) is 5.91 Å². The SMILES string of the molecule is O=C1c2ccc(N3CC4CC3CN4)c(F)c2CN1C1CCCNC1. The first kappa shape index (κ1) is 14.7. The Hall–Kier alpha value is -1.66. The molecule has 3 saturated heterocycles. The Kier molecular flexibility index (Phi) is 3.31. The third-order valence-electron chi connectivity index (χ3n) is 6.12. The molecule has 5 rings (SSSR count). The van der Waals surface area contributed by atoms with Crippen molar-refractivity contribution in [1.29, 1.82) is 0 Å². The van der Waals surface area contributed by atoms with E-state index in [2.05, 4.69) is 15.5 Å². The monoisotopic (exact) mass is 330 g/mol. The number of hydrogen-bond donors (Lipinski definition) is 2. The van der Waals surface area contributed by atoms with Gasteiger partial charge in [0.2, 0.25) is 0 Å². The molecule has 4 heterocycles. The maximum atomic E-state index is 15.2. The summed E-state index contributed by atoms with van der Waals surface area (Å²) in [7, 11) is 0. The topological polar surface area (TPSA) is 47.6 Å². The van der Waals surface area contributed by atoms with E-state index in [4.69, 9.17) is 0 Å². The summed E-state index contributed by atoms with van der Waals surface area (Å²) in [4.78, 5) is 16.8. The molecule has 0 radical (unpaired) electrons. The fraction of sp³-hybridized carbons (Fsp3) is 0.611. The zero-order valence-corrected chi connectivity index (χ0v) is 13.7. The predicted octanol–water partition coefficient (Wildman–Crippen LogP) is 1.08. The van der Waals surface area contributed by atoms with Gasteiger partial charge in [-0.15, -0.1) is 0 Å². The fourth-order valence-electron chi connectivity index (χ4n) is 4.83. The van der Waals surface area contributed by atoms with E-state index in [-0.39, 0.29) is 17.8 Å². The summed E-state index contributed by atoms with van der Waals surface area (Å²) >= 11 is 0. The lowest BCUT2D eigenvalue weighted by Gasteiger charge is -2.31. The minimum atomic E-state index is -0.181. The van der Waals surface area contributed by atoms with Gasteiger partial charge in [-0.2, -0.15) is 0 Å². The molecular formula is C18H23FN4O. The van der Waals surface area contributed by atoms with Gasteiger partial charge in [0.15, 0.2) is 5.82 Å². The van der Waals surface area contributed by atoms with Crippen LogP contribution in [-0.4, -0.2) is 55.1 Å². The highest BCUT2D eigenvalue weighted by molar-refractivity contribution is 5.99. The summed E-state index contributed by atoms with van der Waals surface area (Å²) in [5, 5.41) is 6.80. The fourth-order valence-corrected chi connectivity index (χ4v) is 4.83. The first-order chi connectivity index (χ1) is 11.7. The van der Waals surface area contributed by atoms with Crippen molar-refractivity contribution in [3.63, 3.8) is 0 Å². The lowest BCUT2D eigenvalue weighted by molar-refractivity contribution is 0.0674. The first-order valence-electron chi connectivity index (χ1n) is 9.05. The molecule has 2 N–H and O–H groups in total. The highest BCUT2D eigenvalue weighted by Gasteiger charge is 2.41. The van der Waals surface area contributed by atoms with E-state index in [0.29, 0.717) is 35.4 Å². The van der Waals surface area contributed by atoms with Crippen LogP contribution in [-0.2, 0) is 6.54 Å². The molecule has 24 heavy (non-hydrogen) atoms. The largest absolute Gasteiger partial charge is 0.363 e. The number of benzene rings is 1. The van der Waals surface area contributed by atoms with E-state index in [9.17, 15) is 4.79 Å². The Morgan fingerprint density at radius 3 is 2.79 bits per heavy atom. The molecule has 3 atom stereocenters. The number of piperazine rings is 1. The number of fused-ring (bicyclic) bond motifs is 3. The van der Waals surface area contributed by atoms with Crippen LogP contribution in [0.5, 0.6) is 0 Å². The average molecular weight is 330 g/mol. The second-order valence-corrected chi connectivity index (χ2v) is 7.51. The van der Waals surface area contributed by atoms with Crippen molar-refractivity contribution in [1.82, 2.24) is 15.5 Å². The van der Waals surface area contributed by atoms with Gasteiger partial charge in [0, 0.05) is 48.9 Å². The van der Waals surface area contributed by atoms with Crippen LogP contribution in [0.25, 0.3) is 0 Å². The first-order valence-corrected chi connectivity index (χ1v) is 9.05. The molecule has 1 aromatic carbocycles. The smallest absolute Gasteiger partial charge is 0.254 e. The summed E-state index contributed by atoms with van der Waals surface area (Å²) in [5.74, 6) is -0.187. The van der Waals surface area contributed by atoms with Crippen LogP contribution in [0.15, 0.2) is 12.1 Å². The van der Waals surface area contributed by atoms with Crippen molar-refractivity contribution >= 4 is 11.6 Å². The van der Waals surface area contributed by atoms with Gasteiger partial charge in [0.1, 0.15) is 0 Å². The van der Waals surface area contributed by atoms with Gasteiger partial charge in [-0.1, -0.05) is 0 Å². The predicted molar refractivity (Wildman–Crippen MR) is 89.7 cm³/mol. The summed E-state index contributed by atoms with van der Waals surface area (Å²) in [6.07, 6.45) is 3.17. The summed E-state index contributed by atoms with van der Waals surface area (Å²) in [6.45, 7) is 4.04. The molecule has 1 aromatic rings. The normalized spacial score (nSPS) is 31.9. The van der Waals surface area contributed by atoms with E-state index in [1.807, 2.05) is 17.0 Å². The summed E-state index contributed by atoms with van der Waals surface area (Å²) in [5.41, 5.74) is 1.84. The van der Waals surface area contributed by atoms with Crippen molar-refractivity contribution in [3.05, 3.63) is 29.1 Å². The Labute approximate surface area is 141 Å². The standard InChI is InChI=1S/C18H23FN4O/c19-17-15-10-23(12-2-1-5-20-7-12)18(24)14(15)3-4-16(17)22-9-11-6-13(22)8-21-11/h3-4,11-13,20-21H,1-2,5-10H2. The van der Waals surface area contributed by atoms with E-state index < -0.39 is 0 Å². The molecule has 0 aliphatic carbocycles.